The highest BCUT2D eigenvalue weighted by Crippen LogP contribution is 2.22. The smallest absolute Gasteiger partial charge is 0.238 e. The first-order valence-corrected chi connectivity index (χ1v) is 7.35. The van der Waals surface area contributed by atoms with Gasteiger partial charge >= 0.3 is 0 Å². The highest BCUT2D eigenvalue weighted by atomic mass is 16.2. The molecule has 3 N–H and O–H groups in total. The van der Waals surface area contributed by atoms with Crippen LogP contribution in [-0.4, -0.2) is 29.9 Å². The predicted octanol–water partition coefficient (Wildman–Crippen LogP) is 2.64. The monoisotopic (exact) mass is 275 g/mol. The second kappa shape index (κ2) is 6.27. The standard InChI is InChI=1S/C16H25N3O/c1-11-6-7-19(13(3)8-11)10-16(20)18-15-9-14(17)5-4-12(15)2/h4-5,9,11,13H,6-8,10,17H2,1-3H3,(H,18,20). The number of aryl methyl sites for hydroxylation is 1. The molecule has 1 aromatic carbocycles. The second-order valence-corrected chi connectivity index (χ2v) is 6.07. The van der Waals surface area contributed by atoms with Crippen molar-refractivity contribution >= 4 is 17.3 Å². The Labute approximate surface area is 121 Å². The molecule has 0 aromatic heterocycles. The van der Waals surface area contributed by atoms with Crippen molar-refractivity contribution in [3.8, 4) is 0 Å². The van der Waals surface area contributed by atoms with E-state index in [1.165, 1.54) is 12.8 Å². The van der Waals surface area contributed by atoms with Crippen molar-refractivity contribution in [2.24, 2.45) is 5.92 Å². The summed E-state index contributed by atoms with van der Waals surface area (Å²) in [6.07, 6.45) is 2.35. The molecule has 1 aliphatic heterocycles. The molecule has 110 valence electrons. The number of amides is 1. The van der Waals surface area contributed by atoms with Crippen LogP contribution >= 0.6 is 0 Å². The molecule has 1 aromatic rings. The molecule has 1 heterocycles. The van der Waals surface area contributed by atoms with Crippen LogP contribution < -0.4 is 11.1 Å². The number of piperidine rings is 1. The maximum atomic E-state index is 12.2. The van der Waals surface area contributed by atoms with Crippen molar-refractivity contribution in [2.45, 2.75) is 39.7 Å². The summed E-state index contributed by atoms with van der Waals surface area (Å²) in [5, 5.41) is 2.97. The molecule has 1 saturated heterocycles. The summed E-state index contributed by atoms with van der Waals surface area (Å²) in [5.74, 6) is 0.806. The Morgan fingerprint density at radius 1 is 1.45 bits per heavy atom. The first-order valence-electron chi connectivity index (χ1n) is 7.35. The summed E-state index contributed by atoms with van der Waals surface area (Å²) >= 11 is 0. The number of anilines is 2. The number of rotatable bonds is 3. The fourth-order valence-electron chi connectivity index (χ4n) is 2.84. The number of nitrogens with zero attached hydrogens (tertiary/aromatic N) is 1. The molecule has 4 nitrogen and oxygen atoms in total. The molecule has 0 radical (unpaired) electrons. The zero-order valence-corrected chi connectivity index (χ0v) is 12.6. The van der Waals surface area contributed by atoms with Gasteiger partial charge in [0.2, 0.25) is 5.91 Å². The topological polar surface area (TPSA) is 58.4 Å². The van der Waals surface area contributed by atoms with Crippen molar-refractivity contribution in [3.63, 3.8) is 0 Å². The normalized spacial score (nSPS) is 23.6. The van der Waals surface area contributed by atoms with Crippen LogP contribution in [0.5, 0.6) is 0 Å². The minimum atomic E-state index is 0.0418. The largest absolute Gasteiger partial charge is 0.399 e. The lowest BCUT2D eigenvalue weighted by Crippen LogP contribution is -2.44. The molecule has 2 atom stereocenters. The highest BCUT2D eigenvalue weighted by molar-refractivity contribution is 5.93. The van der Waals surface area contributed by atoms with E-state index in [0.29, 0.717) is 18.3 Å². The molecule has 2 rings (SSSR count). The number of nitrogens with two attached hydrogens (primary N) is 1. The van der Waals surface area contributed by atoms with Crippen LogP contribution in [0.1, 0.15) is 32.3 Å². The summed E-state index contributed by atoms with van der Waals surface area (Å²) in [4.78, 5) is 14.4. The zero-order chi connectivity index (χ0) is 14.7. The molecule has 1 fully saturated rings. The number of nitrogen functional groups attached to an aromatic ring is 1. The minimum Gasteiger partial charge on any atom is -0.399 e. The van der Waals surface area contributed by atoms with Crippen LogP contribution in [0.2, 0.25) is 0 Å². The van der Waals surface area contributed by atoms with Gasteiger partial charge in [-0.05, 0) is 56.8 Å². The molecule has 0 spiro atoms. The Morgan fingerprint density at radius 2 is 2.20 bits per heavy atom. The minimum absolute atomic E-state index is 0.0418. The third-order valence-electron chi connectivity index (χ3n) is 4.16. The summed E-state index contributed by atoms with van der Waals surface area (Å²) in [5.41, 5.74) is 8.28. The first kappa shape index (κ1) is 14.9. The average Bonchev–Trinajstić information content (AvgIpc) is 2.37. The molecule has 0 saturated carbocycles. The van der Waals surface area contributed by atoms with Gasteiger partial charge in [0.25, 0.3) is 0 Å². The Bertz CT molecular complexity index is 487. The van der Waals surface area contributed by atoms with Crippen molar-refractivity contribution in [1.82, 2.24) is 4.90 Å². The molecule has 2 unspecified atom stereocenters. The number of carbonyl (C=O) groups excluding carboxylic acids is 1. The molecular weight excluding hydrogens is 250 g/mol. The molecule has 1 amide bonds. The summed E-state index contributed by atoms with van der Waals surface area (Å²) < 4.78 is 0. The van der Waals surface area contributed by atoms with E-state index < -0.39 is 0 Å². The van der Waals surface area contributed by atoms with Crippen LogP contribution in [0.3, 0.4) is 0 Å². The van der Waals surface area contributed by atoms with Crippen LogP contribution in [0.15, 0.2) is 18.2 Å². The van der Waals surface area contributed by atoms with Gasteiger partial charge in [-0.1, -0.05) is 13.0 Å². The Balaban J connectivity index is 1.94. The number of benzene rings is 1. The maximum absolute atomic E-state index is 12.2. The molecule has 4 heteroatoms. The molecule has 1 aliphatic rings. The van der Waals surface area contributed by atoms with E-state index in [2.05, 4.69) is 24.1 Å². The number of hydrogen-bond acceptors (Lipinski definition) is 3. The van der Waals surface area contributed by atoms with Gasteiger partial charge in [-0.2, -0.15) is 0 Å². The van der Waals surface area contributed by atoms with Crippen LogP contribution in [0.4, 0.5) is 11.4 Å². The van der Waals surface area contributed by atoms with Gasteiger partial charge in [0.15, 0.2) is 0 Å². The van der Waals surface area contributed by atoms with Crippen LogP contribution in [-0.2, 0) is 4.79 Å². The fraction of sp³-hybridized carbons (Fsp3) is 0.562. The van der Waals surface area contributed by atoms with Gasteiger partial charge in [-0.3, -0.25) is 9.69 Å². The third kappa shape index (κ3) is 3.73. The van der Waals surface area contributed by atoms with Gasteiger partial charge in [-0.25, -0.2) is 0 Å². The maximum Gasteiger partial charge on any atom is 0.238 e. The van der Waals surface area contributed by atoms with E-state index >= 15 is 0 Å². The number of likely N-dealkylation sites (tertiary alicyclic amines) is 1. The van der Waals surface area contributed by atoms with E-state index in [4.69, 9.17) is 5.73 Å². The Kier molecular flexibility index (Phi) is 4.65. The van der Waals surface area contributed by atoms with Gasteiger partial charge in [-0.15, -0.1) is 0 Å². The lowest BCUT2D eigenvalue weighted by molar-refractivity contribution is -0.118. The van der Waals surface area contributed by atoms with Crippen molar-refractivity contribution < 1.29 is 4.79 Å². The third-order valence-corrected chi connectivity index (χ3v) is 4.16. The van der Waals surface area contributed by atoms with Crippen molar-refractivity contribution in [3.05, 3.63) is 23.8 Å². The van der Waals surface area contributed by atoms with Gasteiger partial charge < -0.3 is 11.1 Å². The molecule has 20 heavy (non-hydrogen) atoms. The van der Waals surface area contributed by atoms with Gasteiger partial charge in [0, 0.05) is 17.4 Å². The van der Waals surface area contributed by atoms with E-state index in [-0.39, 0.29) is 5.91 Å². The highest BCUT2D eigenvalue weighted by Gasteiger charge is 2.24. The number of carbonyl (C=O) groups is 1. The second-order valence-electron chi connectivity index (χ2n) is 6.07. The summed E-state index contributed by atoms with van der Waals surface area (Å²) in [6.45, 7) is 7.92. The zero-order valence-electron chi connectivity index (χ0n) is 12.6. The number of nitrogens with one attached hydrogen (secondary N) is 1. The van der Waals surface area contributed by atoms with Crippen molar-refractivity contribution in [1.29, 1.82) is 0 Å². The van der Waals surface area contributed by atoms with E-state index in [0.717, 1.165) is 23.7 Å². The van der Waals surface area contributed by atoms with E-state index in [1.54, 1.807) is 0 Å². The summed E-state index contributed by atoms with van der Waals surface area (Å²) in [6, 6.07) is 6.07. The van der Waals surface area contributed by atoms with Crippen LogP contribution in [0, 0.1) is 12.8 Å². The Hall–Kier alpha value is -1.55. The predicted molar refractivity (Wildman–Crippen MR) is 83.7 cm³/mol. The molecular formula is C16H25N3O. The molecule has 0 bridgehead atoms. The van der Waals surface area contributed by atoms with E-state index in [9.17, 15) is 4.79 Å². The SMILES string of the molecule is Cc1ccc(N)cc1NC(=O)CN1CCC(C)CC1C. The summed E-state index contributed by atoms with van der Waals surface area (Å²) in [7, 11) is 0. The lowest BCUT2D eigenvalue weighted by atomic mass is 9.93. The Morgan fingerprint density at radius 3 is 2.90 bits per heavy atom. The van der Waals surface area contributed by atoms with Gasteiger partial charge in [0.1, 0.15) is 0 Å². The van der Waals surface area contributed by atoms with Gasteiger partial charge in [0.05, 0.1) is 6.54 Å². The molecule has 0 aliphatic carbocycles. The van der Waals surface area contributed by atoms with Crippen molar-refractivity contribution in [2.75, 3.05) is 24.1 Å². The fourth-order valence-corrected chi connectivity index (χ4v) is 2.84. The lowest BCUT2D eigenvalue weighted by Gasteiger charge is -2.35. The van der Waals surface area contributed by atoms with Crippen LogP contribution in [0.25, 0.3) is 0 Å². The number of hydrogen-bond donors (Lipinski definition) is 2. The average molecular weight is 275 g/mol. The quantitative estimate of drug-likeness (QED) is 0.834. The first-order chi connectivity index (χ1) is 9.45. The van der Waals surface area contributed by atoms with E-state index in [1.807, 2.05) is 25.1 Å².